The summed E-state index contributed by atoms with van der Waals surface area (Å²) in [5, 5.41) is 2.48. The zero-order valence-electron chi connectivity index (χ0n) is 6.40. The number of anilines is 1. The average molecular weight is 176 g/mol. The first kappa shape index (κ1) is 7.31. The maximum atomic E-state index is 5.19. The fraction of sp³-hybridized carbons (Fsp3) is 0. The lowest BCUT2D eigenvalue weighted by molar-refractivity contribution is 1.43. The van der Waals surface area contributed by atoms with E-state index >= 15 is 0 Å². The molecule has 0 radical (unpaired) electrons. The number of benzene rings is 1. The van der Waals surface area contributed by atoms with Crippen molar-refractivity contribution in [1.29, 1.82) is 0 Å². The minimum absolute atomic E-state index is 0.634. The fourth-order valence-corrected chi connectivity index (χ4v) is 1.28. The second kappa shape index (κ2) is 2.95. The third-order valence-electron chi connectivity index (χ3n) is 1.67. The van der Waals surface area contributed by atoms with E-state index in [1.54, 1.807) is 6.20 Å². The van der Waals surface area contributed by atoms with Crippen molar-refractivity contribution in [3.05, 3.63) is 35.8 Å². The molecule has 2 aliphatic rings. The lowest BCUT2D eigenvalue weighted by Crippen LogP contribution is -1.85. The minimum atomic E-state index is 0.634. The van der Waals surface area contributed by atoms with Crippen molar-refractivity contribution >= 4 is 16.5 Å². The van der Waals surface area contributed by atoms with Gasteiger partial charge in [-0.25, -0.2) is 4.98 Å². The third kappa shape index (κ3) is 1.31. The van der Waals surface area contributed by atoms with Crippen molar-refractivity contribution in [1.82, 2.24) is 4.98 Å². The monoisotopic (exact) mass is 176 g/mol. The van der Waals surface area contributed by atoms with Crippen molar-refractivity contribution < 1.29 is 0 Å². The molecule has 0 aromatic carbocycles. The van der Waals surface area contributed by atoms with Crippen molar-refractivity contribution in [2.24, 2.45) is 0 Å². The van der Waals surface area contributed by atoms with E-state index in [2.05, 4.69) is 29.2 Å². The van der Waals surface area contributed by atoms with Crippen LogP contribution in [0.5, 0.6) is 0 Å². The molecule has 0 spiro atoms. The predicted octanol–water partition coefficient (Wildman–Crippen LogP) is 2.39. The van der Waals surface area contributed by atoms with Crippen molar-refractivity contribution in [2.45, 2.75) is 0 Å². The van der Waals surface area contributed by atoms with Crippen LogP contribution in [0.3, 0.4) is 0 Å². The van der Waals surface area contributed by atoms with E-state index in [1.165, 1.54) is 22.5 Å². The molecule has 0 atom stereocenters. The standard InChI is InChI=1S/C6H4.C3H4N2S/c1-2-6-4-3-5(1)6;4-3-5-1-2-6-3/h1-4H;1-2H,(H2,4,5). The molecule has 3 rings (SSSR count). The van der Waals surface area contributed by atoms with Crippen molar-refractivity contribution in [3.63, 3.8) is 0 Å². The summed E-state index contributed by atoms with van der Waals surface area (Å²) in [6.45, 7) is 0. The van der Waals surface area contributed by atoms with Crippen LogP contribution in [0.15, 0.2) is 35.8 Å². The smallest absolute Gasteiger partial charge is 0.179 e. The molecule has 0 aliphatic heterocycles. The van der Waals surface area contributed by atoms with Gasteiger partial charge in [-0.15, -0.1) is 11.3 Å². The molecule has 0 saturated carbocycles. The number of nitrogen functional groups attached to an aromatic ring is 1. The van der Waals surface area contributed by atoms with E-state index in [0.29, 0.717) is 5.13 Å². The van der Waals surface area contributed by atoms with E-state index < -0.39 is 0 Å². The van der Waals surface area contributed by atoms with Gasteiger partial charge in [-0.1, -0.05) is 24.3 Å². The highest BCUT2D eigenvalue weighted by Gasteiger charge is 2.03. The summed E-state index contributed by atoms with van der Waals surface area (Å²) in [4.78, 5) is 3.71. The number of hydrogen-bond donors (Lipinski definition) is 1. The molecular weight excluding hydrogens is 168 g/mol. The van der Waals surface area contributed by atoms with Crippen molar-refractivity contribution in [2.75, 3.05) is 5.73 Å². The Balaban J connectivity index is 0.0000000939. The van der Waals surface area contributed by atoms with Crippen LogP contribution in [-0.4, -0.2) is 4.98 Å². The molecule has 2 nitrogen and oxygen atoms in total. The lowest BCUT2D eigenvalue weighted by Gasteiger charge is -2.10. The Morgan fingerprint density at radius 1 is 1.08 bits per heavy atom. The van der Waals surface area contributed by atoms with E-state index in [4.69, 9.17) is 5.73 Å². The van der Waals surface area contributed by atoms with Gasteiger partial charge in [0, 0.05) is 11.6 Å². The lowest BCUT2D eigenvalue weighted by atomic mass is 9.95. The molecule has 1 heterocycles. The van der Waals surface area contributed by atoms with Crippen LogP contribution in [0.25, 0.3) is 11.1 Å². The number of nitrogens with two attached hydrogens (primary N) is 1. The molecule has 1 aromatic rings. The number of nitrogens with zero attached hydrogens (tertiary/aromatic N) is 1. The number of aromatic nitrogens is 1. The molecule has 0 amide bonds. The molecule has 3 heteroatoms. The van der Waals surface area contributed by atoms with E-state index in [1.807, 2.05) is 5.38 Å². The van der Waals surface area contributed by atoms with E-state index in [0.717, 1.165) is 0 Å². The van der Waals surface area contributed by atoms with Gasteiger partial charge in [0.1, 0.15) is 0 Å². The number of hydrogen-bond acceptors (Lipinski definition) is 3. The Labute approximate surface area is 74.7 Å². The number of fused-ring (bicyclic) bond motifs is 1. The van der Waals surface area contributed by atoms with Crippen LogP contribution in [0.1, 0.15) is 0 Å². The average Bonchev–Trinajstić information content (AvgIpc) is 2.49. The highest BCUT2D eigenvalue weighted by molar-refractivity contribution is 7.13. The zero-order valence-corrected chi connectivity index (χ0v) is 7.21. The zero-order chi connectivity index (χ0) is 8.39. The summed E-state index contributed by atoms with van der Waals surface area (Å²) in [6.07, 6.45) is 1.68. The van der Waals surface area contributed by atoms with Gasteiger partial charge in [-0.3, -0.25) is 0 Å². The van der Waals surface area contributed by atoms with Crippen LogP contribution in [0.4, 0.5) is 5.13 Å². The molecule has 2 aliphatic carbocycles. The Morgan fingerprint density at radius 2 is 1.67 bits per heavy atom. The second-order valence-electron chi connectivity index (χ2n) is 2.45. The Bertz CT molecular complexity index is 330. The quantitative estimate of drug-likeness (QED) is 0.571. The van der Waals surface area contributed by atoms with Crippen LogP contribution in [0, 0.1) is 0 Å². The molecule has 0 saturated heterocycles. The largest absolute Gasteiger partial charge is 0.375 e. The molecule has 0 bridgehead atoms. The highest BCUT2D eigenvalue weighted by atomic mass is 32.1. The first-order chi connectivity index (χ1) is 5.86. The van der Waals surface area contributed by atoms with Crippen LogP contribution < -0.4 is 5.73 Å². The molecule has 0 fully saturated rings. The molecule has 1 aromatic heterocycles. The van der Waals surface area contributed by atoms with Crippen LogP contribution >= 0.6 is 11.3 Å². The van der Waals surface area contributed by atoms with Gasteiger partial charge >= 0.3 is 0 Å². The summed E-state index contributed by atoms with van der Waals surface area (Å²) in [7, 11) is 0. The number of rotatable bonds is 0. The fourth-order valence-electron chi connectivity index (χ4n) is 0.897. The van der Waals surface area contributed by atoms with Gasteiger partial charge in [0.2, 0.25) is 0 Å². The van der Waals surface area contributed by atoms with Crippen LogP contribution in [0.2, 0.25) is 0 Å². The minimum Gasteiger partial charge on any atom is -0.375 e. The Kier molecular flexibility index (Phi) is 1.80. The number of thiazole rings is 1. The topological polar surface area (TPSA) is 38.9 Å². The maximum absolute atomic E-state index is 5.19. The predicted molar refractivity (Wildman–Crippen MR) is 52.0 cm³/mol. The second-order valence-corrected chi connectivity index (χ2v) is 3.37. The highest BCUT2D eigenvalue weighted by Crippen LogP contribution is 2.29. The summed E-state index contributed by atoms with van der Waals surface area (Å²) < 4.78 is 0. The van der Waals surface area contributed by atoms with Gasteiger partial charge in [-0.05, 0) is 11.1 Å². The molecular formula is C9H8N2S. The SMILES string of the molecule is Nc1nccs1.c1cc2ccc1-2. The van der Waals surface area contributed by atoms with Crippen molar-refractivity contribution in [3.8, 4) is 11.1 Å². The summed E-state index contributed by atoms with van der Waals surface area (Å²) >= 11 is 1.44. The molecule has 2 N–H and O–H groups in total. The van der Waals surface area contributed by atoms with Gasteiger partial charge in [-0.2, -0.15) is 0 Å². The van der Waals surface area contributed by atoms with Gasteiger partial charge in [0.25, 0.3) is 0 Å². The third-order valence-corrected chi connectivity index (χ3v) is 2.27. The summed E-state index contributed by atoms with van der Waals surface area (Å²) in [6, 6.07) is 8.48. The molecule has 0 unspecified atom stereocenters. The Morgan fingerprint density at radius 3 is 1.75 bits per heavy atom. The Hall–Kier alpha value is -1.35. The maximum Gasteiger partial charge on any atom is 0.179 e. The summed E-state index contributed by atoms with van der Waals surface area (Å²) in [5.74, 6) is 0. The first-order valence-corrected chi connectivity index (χ1v) is 4.49. The molecule has 12 heavy (non-hydrogen) atoms. The van der Waals surface area contributed by atoms with Gasteiger partial charge in [0.05, 0.1) is 0 Å². The van der Waals surface area contributed by atoms with Gasteiger partial charge in [0.15, 0.2) is 5.13 Å². The van der Waals surface area contributed by atoms with E-state index in [-0.39, 0.29) is 0 Å². The normalized spacial score (nSPS) is 10.0. The van der Waals surface area contributed by atoms with E-state index in [9.17, 15) is 0 Å². The van der Waals surface area contributed by atoms with Crippen LogP contribution in [-0.2, 0) is 0 Å². The first-order valence-electron chi connectivity index (χ1n) is 3.62. The molecule has 60 valence electrons. The van der Waals surface area contributed by atoms with Gasteiger partial charge < -0.3 is 5.73 Å². The summed E-state index contributed by atoms with van der Waals surface area (Å²) in [5.41, 5.74) is 8.04.